The third kappa shape index (κ3) is 8.13. The molecular formula is C40H59FN4O6. The van der Waals surface area contributed by atoms with Crippen molar-refractivity contribution < 1.29 is 33.8 Å². The minimum absolute atomic E-state index is 0.0187. The van der Waals surface area contributed by atoms with Gasteiger partial charge in [0.05, 0.1) is 31.9 Å². The summed E-state index contributed by atoms with van der Waals surface area (Å²) in [7, 11) is 5.42. The van der Waals surface area contributed by atoms with Gasteiger partial charge in [0.15, 0.2) is 0 Å². The van der Waals surface area contributed by atoms with Gasteiger partial charge in [-0.2, -0.15) is 5.06 Å². The first kappa shape index (κ1) is 39.1. The molecule has 0 aromatic heterocycles. The van der Waals surface area contributed by atoms with Crippen LogP contribution >= 0.6 is 0 Å². The molecule has 2 aromatic carbocycles. The molecule has 6 rings (SSSR count). The van der Waals surface area contributed by atoms with Gasteiger partial charge in [0.25, 0.3) is 5.91 Å². The van der Waals surface area contributed by atoms with Crippen LogP contribution in [0.1, 0.15) is 76.7 Å². The predicted molar refractivity (Wildman–Crippen MR) is 195 cm³/mol. The van der Waals surface area contributed by atoms with E-state index in [1.807, 2.05) is 37.2 Å². The molecule has 0 spiro atoms. The number of benzene rings is 2. The number of nitrogens with zero attached hydrogens (tertiary/aromatic N) is 2. The van der Waals surface area contributed by atoms with Gasteiger partial charge in [0, 0.05) is 35.7 Å². The van der Waals surface area contributed by atoms with Gasteiger partial charge in [0.2, 0.25) is 5.91 Å². The number of ether oxygens (including phenoxy) is 1. The van der Waals surface area contributed by atoms with Crippen molar-refractivity contribution in [1.82, 2.24) is 20.6 Å². The Bertz CT molecular complexity index is 1540. The molecule has 1 heterocycles. The number of carbonyl (C=O) groups excluding carboxylic acids is 2. The largest absolute Gasteiger partial charge is 0.496 e. The summed E-state index contributed by atoms with van der Waals surface area (Å²) in [4.78, 5) is 35.8. The van der Waals surface area contributed by atoms with Crippen molar-refractivity contribution in [2.45, 2.75) is 97.7 Å². The summed E-state index contributed by atoms with van der Waals surface area (Å²) in [5.41, 5.74) is 2.12. The first-order chi connectivity index (χ1) is 24.1. The molecule has 10 nitrogen and oxygen atoms in total. The van der Waals surface area contributed by atoms with Crippen LogP contribution in [0.3, 0.4) is 0 Å². The van der Waals surface area contributed by atoms with Gasteiger partial charge in [-0.05, 0) is 87.1 Å². The second-order valence-electron chi connectivity index (χ2n) is 16.5. The third-order valence-corrected chi connectivity index (χ3v) is 11.9. The monoisotopic (exact) mass is 710 g/mol. The summed E-state index contributed by atoms with van der Waals surface area (Å²) in [5, 5.41) is 29.0. The molecule has 9 atom stereocenters. The third-order valence-electron chi connectivity index (χ3n) is 11.9. The zero-order valence-electron chi connectivity index (χ0n) is 31.8. The number of aliphatic hydroxyl groups is 2. The summed E-state index contributed by atoms with van der Waals surface area (Å²) in [6.45, 7) is 13.0. The Morgan fingerprint density at radius 1 is 1.16 bits per heavy atom. The van der Waals surface area contributed by atoms with Gasteiger partial charge >= 0.3 is 0 Å². The lowest BCUT2D eigenvalue weighted by molar-refractivity contribution is -0.183. The van der Waals surface area contributed by atoms with Gasteiger partial charge in [-0.3, -0.25) is 14.4 Å². The van der Waals surface area contributed by atoms with Crippen LogP contribution in [0, 0.1) is 40.8 Å². The molecule has 11 heteroatoms. The molecule has 4 fully saturated rings. The summed E-state index contributed by atoms with van der Waals surface area (Å²) >= 11 is 0. The van der Waals surface area contributed by atoms with Gasteiger partial charge < -0.3 is 30.5 Å². The number of halogens is 1. The number of fused-ring (bicyclic) bond motifs is 2. The Morgan fingerprint density at radius 3 is 2.47 bits per heavy atom. The lowest BCUT2D eigenvalue weighted by Crippen LogP contribution is -2.62. The van der Waals surface area contributed by atoms with Crippen molar-refractivity contribution in [3.8, 4) is 16.9 Å². The Kier molecular flexibility index (Phi) is 12.2. The number of aliphatic hydroxyl groups excluding tert-OH is 2. The molecule has 3 saturated carbocycles. The standard InChI is InChI=1S/C40H59FN4O6/c1-22(2)15-28(20-44(7)8)42-38(48)30-16-25(13-14-32(30)41)29-12-10-11-26(37(29)50-9)19-45-36(35(24(4)47)34(21-46)51-45)39(49)43-33-18-27-17-31(23(33)3)40(27,5)6/h10-14,16,22-24,27-28,31,33-36,46-47H,15,17-21H2,1-9H3,(H,42,48)(H,43,49)/t23-,24?,27+,28-,31+,33-,34-,35?,36-/m0/s1. The van der Waals surface area contributed by atoms with Crippen molar-refractivity contribution in [1.29, 1.82) is 0 Å². The smallest absolute Gasteiger partial charge is 0.254 e. The van der Waals surface area contributed by atoms with E-state index >= 15 is 4.39 Å². The molecule has 51 heavy (non-hydrogen) atoms. The van der Waals surface area contributed by atoms with Gasteiger partial charge in [-0.15, -0.1) is 0 Å². The highest BCUT2D eigenvalue weighted by molar-refractivity contribution is 5.96. The van der Waals surface area contributed by atoms with E-state index in [0.717, 1.165) is 12.8 Å². The van der Waals surface area contributed by atoms with E-state index in [9.17, 15) is 19.8 Å². The topological polar surface area (TPSA) is 124 Å². The second kappa shape index (κ2) is 15.9. The molecule has 2 aromatic rings. The summed E-state index contributed by atoms with van der Waals surface area (Å²) in [5.74, 6) is 0.240. The first-order valence-electron chi connectivity index (χ1n) is 18.5. The number of likely N-dealkylation sites (N-methyl/N-ethyl adjacent to an activating group) is 1. The van der Waals surface area contributed by atoms with Crippen LogP contribution in [0.25, 0.3) is 11.1 Å². The summed E-state index contributed by atoms with van der Waals surface area (Å²) in [6, 6.07) is 8.99. The summed E-state index contributed by atoms with van der Waals surface area (Å²) in [6.07, 6.45) is 1.15. The SMILES string of the molecule is COc1c(CN2O[C@@H](CO)C(C(C)O)[C@H]2C(=O)N[C@H]2C[C@H]3C[C@H]([C@@H]2C)C3(C)C)cccc1-c1ccc(F)c(C(=O)N[C@@H](CC(C)C)CN(C)C)c1. The Hall–Kier alpha value is -3.09. The average molecular weight is 711 g/mol. The maximum atomic E-state index is 15.2. The second-order valence-corrected chi connectivity index (χ2v) is 16.5. The number of para-hydroxylation sites is 1. The van der Waals surface area contributed by atoms with Gasteiger partial charge in [0.1, 0.15) is 23.7 Å². The van der Waals surface area contributed by atoms with Gasteiger partial charge in [-0.25, -0.2) is 4.39 Å². The van der Waals surface area contributed by atoms with Crippen molar-refractivity contribution >= 4 is 11.8 Å². The van der Waals surface area contributed by atoms with E-state index in [2.05, 4.69) is 45.3 Å². The zero-order chi connectivity index (χ0) is 37.4. The first-order valence-corrected chi connectivity index (χ1v) is 18.5. The molecule has 2 unspecified atom stereocenters. The van der Waals surface area contributed by atoms with E-state index < -0.39 is 35.9 Å². The summed E-state index contributed by atoms with van der Waals surface area (Å²) < 4.78 is 21.1. The number of rotatable bonds is 14. The molecule has 2 bridgehead atoms. The van der Waals surface area contributed by atoms with E-state index in [0.29, 0.717) is 52.7 Å². The van der Waals surface area contributed by atoms with E-state index in [4.69, 9.17) is 9.57 Å². The fourth-order valence-electron chi connectivity index (χ4n) is 9.15. The molecular weight excluding hydrogens is 651 g/mol. The molecule has 282 valence electrons. The van der Waals surface area contributed by atoms with Crippen LogP contribution in [-0.4, -0.2) is 96.7 Å². The number of hydroxylamine groups is 2. The minimum atomic E-state index is -0.922. The highest BCUT2D eigenvalue weighted by Gasteiger charge is 2.57. The van der Waals surface area contributed by atoms with Crippen molar-refractivity contribution in [2.75, 3.05) is 34.4 Å². The predicted octanol–water partition coefficient (Wildman–Crippen LogP) is 4.87. The number of nitrogens with one attached hydrogen (secondary N) is 2. The highest BCUT2D eigenvalue weighted by atomic mass is 19.1. The molecule has 0 radical (unpaired) electrons. The fraction of sp³-hybridized carbons (Fsp3) is 0.650. The highest BCUT2D eigenvalue weighted by Crippen LogP contribution is 2.61. The van der Waals surface area contributed by atoms with Crippen molar-refractivity contribution in [2.24, 2.45) is 35.0 Å². The minimum Gasteiger partial charge on any atom is -0.496 e. The van der Waals surface area contributed by atoms with Gasteiger partial charge in [-0.1, -0.05) is 58.9 Å². The molecule has 2 amide bonds. The lowest BCUT2D eigenvalue weighted by atomic mass is 9.45. The van der Waals surface area contributed by atoms with Crippen LogP contribution in [-0.2, 0) is 16.2 Å². The van der Waals surface area contributed by atoms with Crippen LogP contribution in [0.5, 0.6) is 5.75 Å². The molecule has 4 aliphatic rings. The lowest BCUT2D eigenvalue weighted by Gasteiger charge is -2.62. The number of carbonyl (C=O) groups is 2. The van der Waals surface area contributed by atoms with E-state index in [1.165, 1.54) is 12.5 Å². The Morgan fingerprint density at radius 2 is 1.88 bits per heavy atom. The molecule has 4 N–H and O–H groups in total. The van der Waals surface area contributed by atoms with E-state index in [1.54, 1.807) is 31.2 Å². The quantitative estimate of drug-likeness (QED) is 0.219. The van der Waals surface area contributed by atoms with Crippen LogP contribution in [0.2, 0.25) is 0 Å². The van der Waals surface area contributed by atoms with Crippen LogP contribution < -0.4 is 15.4 Å². The Balaban J connectivity index is 1.41. The van der Waals surface area contributed by atoms with Crippen LogP contribution in [0.4, 0.5) is 4.39 Å². The van der Waals surface area contributed by atoms with Crippen molar-refractivity contribution in [3.05, 3.63) is 53.3 Å². The van der Waals surface area contributed by atoms with Crippen LogP contribution in [0.15, 0.2) is 36.4 Å². The number of hydrogen-bond donors (Lipinski definition) is 4. The Labute approximate surface area is 303 Å². The molecule has 3 aliphatic carbocycles. The fourth-order valence-corrected chi connectivity index (χ4v) is 9.15. The zero-order valence-corrected chi connectivity index (χ0v) is 31.8. The van der Waals surface area contributed by atoms with E-state index in [-0.39, 0.29) is 42.1 Å². The normalized spacial score (nSPS) is 28.3. The maximum absolute atomic E-state index is 15.2. The number of amides is 2. The maximum Gasteiger partial charge on any atom is 0.254 e. The molecule has 1 saturated heterocycles. The number of hydrogen-bond acceptors (Lipinski definition) is 8. The van der Waals surface area contributed by atoms with Crippen molar-refractivity contribution in [3.63, 3.8) is 0 Å². The average Bonchev–Trinajstić information content (AvgIpc) is 3.43. The number of methoxy groups -OCH3 is 1. The molecule has 1 aliphatic heterocycles.